The highest BCUT2D eigenvalue weighted by molar-refractivity contribution is 7.91. The molecule has 8 rings (SSSR count). The molecule has 0 amide bonds. The van der Waals surface area contributed by atoms with Crippen LogP contribution in [0.3, 0.4) is 0 Å². The van der Waals surface area contributed by atoms with Gasteiger partial charge in [-0.2, -0.15) is 0 Å². The quantitative estimate of drug-likeness (QED) is 0.107. The van der Waals surface area contributed by atoms with Crippen molar-refractivity contribution in [1.29, 1.82) is 0 Å². The number of hydrogen-bond acceptors (Lipinski definition) is 11. The standard InChI is InChI=1S/C42H44N3O10PS/c1-50-32-19-15-30(16-20-32)42(29-10-5-3-6-11-29,31-17-21-33(51-2)22-18-31)52-27-37-36(26-40(53-37)45-39(46)23-24-43-41(45)47)54-56-44-25-9-14-35(44)38(55-56)28-57(48,49)34-12-7-4-8-13-34/h3-8,10-13,15-24,35-38,40H,9,14,25-28H2,1-2H3,(H,43,47)/t35-,36-,37+,38+,40-,56-/m0/s1. The highest BCUT2D eigenvalue weighted by Gasteiger charge is 2.51. The maximum absolute atomic E-state index is 13.5. The third-order valence-corrected chi connectivity index (χ3v) is 14.4. The number of nitrogens with one attached hydrogen (secondary N) is 1. The minimum absolute atomic E-state index is 0.0357. The largest absolute Gasteiger partial charge is 0.497 e. The number of nitrogens with zero attached hydrogens (tertiary/aromatic N) is 2. The van der Waals surface area contributed by atoms with Crippen LogP contribution in [0.2, 0.25) is 0 Å². The molecule has 3 aliphatic rings. The summed E-state index contributed by atoms with van der Waals surface area (Å²) in [4.78, 5) is 29.0. The predicted octanol–water partition coefficient (Wildman–Crippen LogP) is 5.80. The zero-order chi connectivity index (χ0) is 39.6. The van der Waals surface area contributed by atoms with Crippen molar-refractivity contribution in [3.8, 4) is 11.5 Å². The molecule has 15 heteroatoms. The molecule has 0 radical (unpaired) electrons. The van der Waals surface area contributed by atoms with Gasteiger partial charge in [-0.05, 0) is 65.9 Å². The number of rotatable bonds is 14. The van der Waals surface area contributed by atoms with E-state index in [1.54, 1.807) is 44.6 Å². The van der Waals surface area contributed by atoms with E-state index < -0.39 is 59.8 Å². The molecule has 4 heterocycles. The van der Waals surface area contributed by atoms with Crippen molar-refractivity contribution in [3.63, 3.8) is 0 Å². The third-order valence-electron chi connectivity index (χ3n) is 10.8. The van der Waals surface area contributed by atoms with Crippen molar-refractivity contribution in [2.75, 3.05) is 33.1 Å². The molecule has 3 fully saturated rings. The summed E-state index contributed by atoms with van der Waals surface area (Å²) in [5, 5.41) is 0. The first-order valence-corrected chi connectivity index (χ1v) is 21.6. The van der Waals surface area contributed by atoms with Gasteiger partial charge in [0.25, 0.3) is 14.1 Å². The van der Waals surface area contributed by atoms with Crippen LogP contribution in [0.5, 0.6) is 11.5 Å². The first-order valence-electron chi connectivity index (χ1n) is 18.8. The summed E-state index contributed by atoms with van der Waals surface area (Å²) in [6.07, 6.45) is -0.00704. The van der Waals surface area contributed by atoms with Crippen LogP contribution in [0, 0.1) is 0 Å². The SMILES string of the molecule is COc1ccc(C(OC[C@H]2O[C@H](n3c(=O)cc[nH]c3=O)C[C@@H]2O[P@@]2O[C@H](CS(=O)(=O)c3ccccc3)[C@@H]3CCCN32)(c2ccccc2)c2ccc(OC)cc2)cc1. The topological polar surface area (TPSA) is 148 Å². The number of benzene rings is 4. The minimum Gasteiger partial charge on any atom is -0.497 e. The second-order valence-electron chi connectivity index (χ2n) is 14.2. The molecule has 3 aliphatic heterocycles. The number of fused-ring (bicyclic) bond motifs is 1. The van der Waals surface area contributed by atoms with Crippen LogP contribution in [0.25, 0.3) is 0 Å². The summed E-state index contributed by atoms with van der Waals surface area (Å²) >= 11 is 0. The lowest BCUT2D eigenvalue weighted by Crippen LogP contribution is -2.39. The van der Waals surface area contributed by atoms with Crippen molar-refractivity contribution in [3.05, 3.63) is 159 Å². The molecule has 0 saturated carbocycles. The molecule has 5 aromatic rings. The van der Waals surface area contributed by atoms with Crippen LogP contribution in [0.1, 0.15) is 42.2 Å². The Balaban J connectivity index is 1.14. The van der Waals surface area contributed by atoms with Gasteiger partial charge >= 0.3 is 5.69 Å². The number of aromatic amines is 1. The molecule has 6 atom stereocenters. The average molecular weight is 814 g/mol. The molecule has 1 aromatic heterocycles. The molecule has 4 aromatic carbocycles. The van der Waals surface area contributed by atoms with E-state index in [1.807, 2.05) is 78.9 Å². The van der Waals surface area contributed by atoms with Gasteiger partial charge in [-0.25, -0.2) is 22.4 Å². The number of sulfone groups is 1. The predicted molar refractivity (Wildman–Crippen MR) is 213 cm³/mol. The van der Waals surface area contributed by atoms with Gasteiger partial charge in [0.15, 0.2) is 9.84 Å². The molecule has 0 aliphatic carbocycles. The van der Waals surface area contributed by atoms with E-state index in [4.69, 9.17) is 28.0 Å². The van der Waals surface area contributed by atoms with Gasteiger partial charge in [-0.15, -0.1) is 0 Å². The summed E-state index contributed by atoms with van der Waals surface area (Å²) in [6.45, 7) is 0.645. The molecule has 57 heavy (non-hydrogen) atoms. The Morgan fingerprint density at radius 2 is 1.42 bits per heavy atom. The number of aromatic nitrogens is 2. The van der Waals surface area contributed by atoms with Gasteiger partial charge in [-0.1, -0.05) is 72.8 Å². The maximum atomic E-state index is 13.5. The molecule has 0 spiro atoms. The van der Waals surface area contributed by atoms with E-state index >= 15 is 0 Å². The fourth-order valence-electron chi connectivity index (χ4n) is 8.00. The zero-order valence-corrected chi connectivity index (χ0v) is 33.2. The molecule has 13 nitrogen and oxygen atoms in total. The van der Waals surface area contributed by atoms with Crippen LogP contribution in [-0.4, -0.2) is 80.1 Å². The Hall–Kier alpha value is -4.66. The molecular weight excluding hydrogens is 770 g/mol. The van der Waals surface area contributed by atoms with E-state index in [0.29, 0.717) is 18.0 Å². The Kier molecular flexibility index (Phi) is 11.5. The van der Waals surface area contributed by atoms with E-state index in [9.17, 15) is 18.0 Å². The van der Waals surface area contributed by atoms with Gasteiger partial charge in [0, 0.05) is 31.3 Å². The monoisotopic (exact) mass is 813 g/mol. The van der Waals surface area contributed by atoms with Crippen LogP contribution in [-0.2, 0) is 34.0 Å². The summed E-state index contributed by atoms with van der Waals surface area (Å²) in [6, 6.07) is 34.7. The van der Waals surface area contributed by atoms with Gasteiger partial charge in [0.2, 0.25) is 0 Å². The summed E-state index contributed by atoms with van der Waals surface area (Å²) < 4.78 is 68.3. The van der Waals surface area contributed by atoms with Gasteiger partial charge < -0.3 is 33.0 Å². The van der Waals surface area contributed by atoms with E-state index in [0.717, 1.165) is 34.1 Å². The van der Waals surface area contributed by atoms with Crippen LogP contribution in [0.15, 0.2) is 136 Å². The second-order valence-corrected chi connectivity index (χ2v) is 17.6. The number of methoxy groups -OCH3 is 2. The maximum Gasteiger partial charge on any atom is 0.330 e. The summed E-state index contributed by atoms with van der Waals surface area (Å²) in [7, 11) is -2.16. The third kappa shape index (κ3) is 7.83. The van der Waals surface area contributed by atoms with Gasteiger partial charge in [0.1, 0.15) is 29.4 Å². The lowest BCUT2D eigenvalue weighted by Gasteiger charge is -2.37. The van der Waals surface area contributed by atoms with E-state index in [2.05, 4.69) is 9.65 Å². The molecule has 298 valence electrons. The van der Waals surface area contributed by atoms with E-state index in [-0.39, 0.29) is 29.7 Å². The highest BCUT2D eigenvalue weighted by atomic mass is 32.2. The molecule has 3 saturated heterocycles. The molecule has 1 N–H and O–H groups in total. The number of H-pyrrole nitrogens is 1. The number of ether oxygens (including phenoxy) is 4. The van der Waals surface area contributed by atoms with E-state index in [1.165, 1.54) is 12.3 Å². The van der Waals surface area contributed by atoms with Crippen LogP contribution in [0.4, 0.5) is 0 Å². The smallest absolute Gasteiger partial charge is 0.330 e. The van der Waals surface area contributed by atoms with Crippen molar-refractivity contribution in [1.82, 2.24) is 14.2 Å². The van der Waals surface area contributed by atoms with Crippen molar-refractivity contribution >= 4 is 18.4 Å². The lowest BCUT2D eigenvalue weighted by atomic mass is 9.80. The normalized spacial score (nSPS) is 23.7. The molecule has 0 bridgehead atoms. The average Bonchev–Trinajstić information content (AvgIpc) is 3.96. The highest BCUT2D eigenvalue weighted by Crippen LogP contribution is 2.58. The number of hydrogen-bond donors (Lipinski definition) is 1. The fraction of sp³-hybridized carbons (Fsp3) is 0.333. The minimum atomic E-state index is -3.64. The summed E-state index contributed by atoms with van der Waals surface area (Å²) in [5.74, 6) is 1.17. The van der Waals surface area contributed by atoms with Crippen molar-refractivity contribution in [2.24, 2.45) is 0 Å². The Morgan fingerprint density at radius 1 is 0.807 bits per heavy atom. The zero-order valence-electron chi connectivity index (χ0n) is 31.5. The second kappa shape index (κ2) is 16.7. The van der Waals surface area contributed by atoms with Gasteiger partial charge in [-0.3, -0.25) is 4.79 Å². The molecule has 0 unspecified atom stereocenters. The van der Waals surface area contributed by atoms with Crippen LogP contribution < -0.4 is 20.7 Å². The summed E-state index contributed by atoms with van der Waals surface area (Å²) in [5.41, 5.74) is 0.152. The lowest BCUT2D eigenvalue weighted by molar-refractivity contribution is -0.0925. The van der Waals surface area contributed by atoms with Crippen molar-refractivity contribution < 1.29 is 36.4 Å². The Labute approximate surface area is 332 Å². The Morgan fingerprint density at radius 3 is 2.04 bits per heavy atom. The molecular formula is C42H44N3O10PS. The Bertz CT molecular complexity index is 2290. The fourth-order valence-corrected chi connectivity index (χ4v) is 11.6. The van der Waals surface area contributed by atoms with Crippen LogP contribution >= 0.6 is 8.53 Å². The van der Waals surface area contributed by atoms with Gasteiger partial charge in [0.05, 0.1) is 43.7 Å². The first kappa shape index (κ1) is 39.2. The van der Waals surface area contributed by atoms with Crippen molar-refractivity contribution in [2.45, 2.75) is 60.3 Å². The first-order chi connectivity index (χ1) is 27.7.